The summed E-state index contributed by atoms with van der Waals surface area (Å²) in [6.45, 7) is 6.01. The van der Waals surface area contributed by atoms with Crippen LogP contribution in [0.1, 0.15) is 34.1 Å². The Balaban J connectivity index is 2.19. The van der Waals surface area contributed by atoms with Gasteiger partial charge in [0.2, 0.25) is 23.6 Å². The van der Waals surface area contributed by atoms with Crippen molar-refractivity contribution in [3.63, 3.8) is 0 Å². The van der Waals surface area contributed by atoms with Crippen molar-refractivity contribution < 1.29 is 71.3 Å². The van der Waals surface area contributed by atoms with Gasteiger partial charge in [-0.2, -0.15) is 0 Å². The molecule has 1 saturated carbocycles. The maximum atomic E-state index is 13.1. The average molecular weight is 807 g/mol. The summed E-state index contributed by atoms with van der Waals surface area (Å²) in [4.78, 5) is 57.4. The van der Waals surface area contributed by atoms with Crippen LogP contribution in [0.25, 0.3) is 0 Å². The van der Waals surface area contributed by atoms with E-state index in [4.69, 9.17) is 52.1 Å². The Morgan fingerprint density at radius 2 is 0.911 bits per heavy atom. The zero-order valence-corrected chi connectivity index (χ0v) is 35.7. The Morgan fingerprint density at radius 1 is 0.500 bits per heavy atom. The summed E-state index contributed by atoms with van der Waals surface area (Å²) in [5.41, 5.74) is 0. The molecule has 0 spiro atoms. The van der Waals surface area contributed by atoms with Crippen LogP contribution in [0.5, 0.6) is 0 Å². The molecular formula is C37H66N4O15. The molecule has 0 aromatic heterocycles. The topological polar surface area (TPSA) is 183 Å². The average Bonchev–Trinajstić information content (AvgIpc) is 3.16. The van der Waals surface area contributed by atoms with Crippen molar-refractivity contribution in [3.8, 4) is 0 Å². The summed E-state index contributed by atoms with van der Waals surface area (Å²) in [5, 5.41) is 0. The molecule has 0 aromatic carbocycles. The van der Waals surface area contributed by atoms with Crippen LogP contribution < -0.4 is 0 Å². The number of hydrogen-bond acceptors (Lipinski definition) is 15. The number of carbonyl (C=O) groups excluding carboxylic acids is 4. The molecule has 19 heteroatoms. The fourth-order valence-corrected chi connectivity index (χ4v) is 8.11. The second-order valence-electron chi connectivity index (χ2n) is 14.6. The number of amides is 4. The minimum absolute atomic E-state index is 0.101. The van der Waals surface area contributed by atoms with Crippen molar-refractivity contribution in [2.75, 3.05) is 91.1 Å². The lowest BCUT2D eigenvalue weighted by Crippen LogP contribution is -2.71. The van der Waals surface area contributed by atoms with Gasteiger partial charge in [-0.3, -0.25) is 19.2 Å². The van der Waals surface area contributed by atoms with E-state index in [-0.39, 0.29) is 43.2 Å². The molecule has 15 unspecified atom stereocenters. The smallest absolute Gasteiger partial charge is 0.219 e. The van der Waals surface area contributed by atoms with Crippen LogP contribution in [-0.4, -0.2) is 226 Å². The molecule has 1 aliphatic carbocycles. The maximum Gasteiger partial charge on any atom is 0.219 e. The summed E-state index contributed by atoms with van der Waals surface area (Å²) in [7, 11) is 17.1. The van der Waals surface area contributed by atoms with Gasteiger partial charge in [-0.25, -0.2) is 0 Å². The minimum Gasteiger partial charge on any atom is -0.382 e. The molecule has 0 N–H and O–H groups in total. The summed E-state index contributed by atoms with van der Waals surface area (Å²) < 4.78 is 68.3. The number of hydrogen-bond donors (Lipinski definition) is 0. The van der Waals surface area contributed by atoms with E-state index in [0.29, 0.717) is 0 Å². The lowest BCUT2D eigenvalue weighted by molar-refractivity contribution is -0.349. The van der Waals surface area contributed by atoms with E-state index in [0.717, 1.165) is 0 Å². The second kappa shape index (κ2) is 21.4. The predicted octanol–water partition coefficient (Wildman–Crippen LogP) is -0.634. The Hall–Kier alpha value is -2.56. The molecule has 2 saturated heterocycles. The number of likely N-dealkylation sites (N-methyl/N-ethyl adjacent to an activating group) is 4. The first-order valence-electron chi connectivity index (χ1n) is 18.7. The number of methoxy groups -OCH3 is 7. The Kier molecular flexibility index (Phi) is 18.3. The zero-order valence-electron chi connectivity index (χ0n) is 35.7. The molecule has 0 aromatic rings. The van der Waals surface area contributed by atoms with E-state index < -0.39 is 91.7 Å². The van der Waals surface area contributed by atoms with Gasteiger partial charge in [0.25, 0.3) is 0 Å². The van der Waals surface area contributed by atoms with E-state index in [1.54, 1.807) is 28.2 Å². The van der Waals surface area contributed by atoms with Gasteiger partial charge in [0.1, 0.15) is 61.0 Å². The Bertz CT molecular complexity index is 1300. The van der Waals surface area contributed by atoms with Crippen molar-refractivity contribution in [2.45, 2.75) is 126 Å². The highest BCUT2D eigenvalue weighted by molar-refractivity contribution is 5.74. The maximum absolute atomic E-state index is 13.1. The van der Waals surface area contributed by atoms with Crippen LogP contribution >= 0.6 is 0 Å². The van der Waals surface area contributed by atoms with Crippen molar-refractivity contribution in [1.82, 2.24) is 19.6 Å². The highest BCUT2D eigenvalue weighted by atomic mass is 16.7. The summed E-state index contributed by atoms with van der Waals surface area (Å²) in [6, 6.07) is -2.06. The lowest BCUT2D eigenvalue weighted by atomic mass is 9.81. The van der Waals surface area contributed by atoms with Crippen LogP contribution in [0.15, 0.2) is 0 Å². The predicted molar refractivity (Wildman–Crippen MR) is 198 cm³/mol. The third-order valence-corrected chi connectivity index (χ3v) is 11.6. The van der Waals surface area contributed by atoms with Crippen molar-refractivity contribution >= 4 is 23.6 Å². The van der Waals surface area contributed by atoms with E-state index >= 15 is 0 Å². The largest absolute Gasteiger partial charge is 0.382 e. The van der Waals surface area contributed by atoms with E-state index in [9.17, 15) is 19.2 Å². The molecule has 3 fully saturated rings. The summed E-state index contributed by atoms with van der Waals surface area (Å²) in [6.07, 6.45) is -10.2. The first-order chi connectivity index (χ1) is 26.5. The van der Waals surface area contributed by atoms with Gasteiger partial charge in [0.15, 0.2) is 12.6 Å². The molecule has 4 amide bonds. The van der Waals surface area contributed by atoms with Crippen LogP contribution in [-0.2, 0) is 71.3 Å². The van der Waals surface area contributed by atoms with Gasteiger partial charge in [-0.15, -0.1) is 0 Å². The second-order valence-corrected chi connectivity index (χ2v) is 14.6. The number of ether oxygens (including phenoxy) is 11. The van der Waals surface area contributed by atoms with E-state index in [1.165, 1.54) is 97.1 Å². The molecule has 324 valence electrons. The van der Waals surface area contributed by atoms with Crippen molar-refractivity contribution in [2.24, 2.45) is 0 Å². The van der Waals surface area contributed by atoms with E-state index in [1.807, 2.05) is 0 Å². The van der Waals surface area contributed by atoms with Crippen LogP contribution in [0.4, 0.5) is 0 Å². The number of nitrogens with zero attached hydrogens (tertiary/aromatic N) is 4. The normalized spacial score (nSPS) is 36.1. The van der Waals surface area contributed by atoms with Crippen LogP contribution in [0.3, 0.4) is 0 Å². The van der Waals surface area contributed by atoms with Gasteiger partial charge in [0, 0.05) is 112 Å². The molecule has 15 atom stereocenters. The van der Waals surface area contributed by atoms with Crippen molar-refractivity contribution in [3.05, 3.63) is 0 Å². The molecule has 3 rings (SSSR count). The van der Waals surface area contributed by atoms with Gasteiger partial charge >= 0.3 is 0 Å². The minimum atomic E-state index is -1.14. The monoisotopic (exact) mass is 806 g/mol. The Labute approximate surface area is 331 Å². The highest BCUT2D eigenvalue weighted by Gasteiger charge is 2.57. The molecule has 2 heterocycles. The van der Waals surface area contributed by atoms with E-state index in [2.05, 4.69) is 0 Å². The van der Waals surface area contributed by atoms with Crippen LogP contribution in [0, 0.1) is 0 Å². The molecule has 56 heavy (non-hydrogen) atoms. The molecule has 3 aliphatic rings. The molecule has 0 radical (unpaired) electrons. The van der Waals surface area contributed by atoms with Crippen molar-refractivity contribution in [1.29, 1.82) is 0 Å². The quantitative estimate of drug-likeness (QED) is 0.181. The third-order valence-electron chi connectivity index (χ3n) is 11.6. The fourth-order valence-electron chi connectivity index (χ4n) is 8.11. The molecule has 2 aliphatic heterocycles. The zero-order chi connectivity index (χ0) is 42.2. The van der Waals surface area contributed by atoms with Gasteiger partial charge < -0.3 is 71.7 Å². The van der Waals surface area contributed by atoms with Gasteiger partial charge in [0.05, 0.1) is 24.7 Å². The summed E-state index contributed by atoms with van der Waals surface area (Å²) in [5.74, 6) is -0.941. The molecule has 0 bridgehead atoms. The highest BCUT2D eigenvalue weighted by Crippen LogP contribution is 2.39. The molecule has 19 nitrogen and oxygen atoms in total. The lowest BCUT2D eigenvalue weighted by Gasteiger charge is -2.54. The third kappa shape index (κ3) is 10.4. The fraction of sp³-hybridized carbons (Fsp3) is 0.892. The SMILES string of the molecule is COCC1OC(OC2C(OC)C(OC3OC(CN(C)C(C)=O)C(OC)C(OC)C3OC)C(N(C)C(C)=O)CC2N(C)C(C)=O)C(OC)C(N(C)C(C)=O)C1OC. The summed E-state index contributed by atoms with van der Waals surface area (Å²) >= 11 is 0. The standard InChI is InChI=1S/C37H66N4O15/c1-19(42)38(5)17-25-31(48-11)34(51-14)35(52-15)37(53-25)56-29-24(40(7)21(3)44)16-23(39(6)20(2)43)28(33(29)50-13)55-36-32(49-12)27(41(8)22(4)45)30(47-10)26(54-36)18-46-9/h23-37H,16-18H2,1-15H3. The Morgan fingerprint density at radius 3 is 1.30 bits per heavy atom. The van der Waals surface area contributed by atoms with Gasteiger partial charge in [-0.1, -0.05) is 0 Å². The van der Waals surface area contributed by atoms with Crippen LogP contribution in [0.2, 0.25) is 0 Å². The first kappa shape index (κ1) is 47.8. The molecular weight excluding hydrogens is 740 g/mol. The number of rotatable bonds is 17. The van der Waals surface area contributed by atoms with Gasteiger partial charge in [-0.05, 0) is 6.42 Å². The number of carbonyl (C=O) groups is 4. The first-order valence-corrected chi connectivity index (χ1v) is 18.7.